The maximum absolute atomic E-state index is 13.3. The fourth-order valence-corrected chi connectivity index (χ4v) is 3.46. The molecule has 8 nitrogen and oxygen atoms in total. The molecule has 32 heavy (non-hydrogen) atoms. The molecule has 168 valence electrons. The lowest BCUT2D eigenvalue weighted by atomic mass is 10.0. The molecule has 2 aromatic rings. The van der Waals surface area contributed by atoms with E-state index >= 15 is 0 Å². The highest BCUT2D eigenvalue weighted by molar-refractivity contribution is 6.36. The van der Waals surface area contributed by atoms with Gasteiger partial charge in [0, 0.05) is 25.2 Å². The summed E-state index contributed by atoms with van der Waals surface area (Å²) in [7, 11) is 3.07. The SMILES string of the molecule is COc1ccc(OC)c(NC2=C(c3ccc(NC(C)=O)cc3)C(=O)N(CC(C)C)C2=O)c1. The predicted octanol–water partition coefficient (Wildman–Crippen LogP) is 3.51. The lowest BCUT2D eigenvalue weighted by Gasteiger charge is -2.18. The first kappa shape index (κ1) is 22.9. The fourth-order valence-electron chi connectivity index (χ4n) is 3.46. The van der Waals surface area contributed by atoms with Crippen molar-refractivity contribution in [3.63, 3.8) is 0 Å². The third-order valence-electron chi connectivity index (χ3n) is 4.88. The average Bonchev–Trinajstić information content (AvgIpc) is 2.98. The van der Waals surface area contributed by atoms with E-state index < -0.39 is 5.91 Å². The Kier molecular flexibility index (Phi) is 6.82. The van der Waals surface area contributed by atoms with E-state index in [4.69, 9.17) is 9.47 Å². The molecule has 0 aromatic heterocycles. The second-order valence-electron chi connectivity index (χ2n) is 7.81. The van der Waals surface area contributed by atoms with E-state index in [-0.39, 0.29) is 29.0 Å². The molecule has 1 aliphatic heterocycles. The van der Waals surface area contributed by atoms with E-state index in [0.717, 1.165) is 0 Å². The number of nitrogens with one attached hydrogen (secondary N) is 2. The zero-order valence-corrected chi connectivity index (χ0v) is 18.8. The number of methoxy groups -OCH3 is 2. The molecule has 0 atom stereocenters. The quantitative estimate of drug-likeness (QED) is 0.614. The highest BCUT2D eigenvalue weighted by atomic mass is 16.5. The van der Waals surface area contributed by atoms with Crippen LogP contribution in [0.1, 0.15) is 26.3 Å². The number of benzene rings is 2. The molecule has 0 saturated heterocycles. The number of hydrogen-bond donors (Lipinski definition) is 2. The van der Waals surface area contributed by atoms with Crippen LogP contribution in [0, 0.1) is 5.92 Å². The zero-order valence-electron chi connectivity index (χ0n) is 18.8. The number of rotatable bonds is 8. The van der Waals surface area contributed by atoms with Crippen LogP contribution in [-0.2, 0) is 14.4 Å². The molecule has 8 heteroatoms. The van der Waals surface area contributed by atoms with E-state index in [1.165, 1.54) is 18.9 Å². The van der Waals surface area contributed by atoms with Gasteiger partial charge in [0.1, 0.15) is 17.2 Å². The normalized spacial score (nSPS) is 13.6. The lowest BCUT2D eigenvalue weighted by molar-refractivity contribution is -0.137. The van der Waals surface area contributed by atoms with Gasteiger partial charge in [-0.15, -0.1) is 0 Å². The van der Waals surface area contributed by atoms with E-state index in [0.29, 0.717) is 35.0 Å². The van der Waals surface area contributed by atoms with Gasteiger partial charge >= 0.3 is 0 Å². The smallest absolute Gasteiger partial charge is 0.278 e. The summed E-state index contributed by atoms with van der Waals surface area (Å²) in [5, 5.41) is 5.80. The van der Waals surface area contributed by atoms with Crippen molar-refractivity contribution in [1.29, 1.82) is 0 Å². The highest BCUT2D eigenvalue weighted by Crippen LogP contribution is 2.35. The Bertz CT molecular complexity index is 1070. The van der Waals surface area contributed by atoms with Gasteiger partial charge in [-0.25, -0.2) is 0 Å². The number of carbonyl (C=O) groups excluding carboxylic acids is 3. The summed E-state index contributed by atoms with van der Waals surface area (Å²) in [4.78, 5) is 39.1. The van der Waals surface area contributed by atoms with Crippen LogP contribution in [0.2, 0.25) is 0 Å². The van der Waals surface area contributed by atoms with Crippen molar-refractivity contribution in [2.24, 2.45) is 5.92 Å². The number of ether oxygens (including phenoxy) is 2. The number of anilines is 2. The van der Waals surface area contributed by atoms with Crippen LogP contribution in [0.5, 0.6) is 11.5 Å². The van der Waals surface area contributed by atoms with Gasteiger partial charge in [-0.1, -0.05) is 26.0 Å². The first-order valence-corrected chi connectivity index (χ1v) is 10.2. The van der Waals surface area contributed by atoms with Crippen LogP contribution in [0.15, 0.2) is 48.2 Å². The molecule has 0 aliphatic carbocycles. The van der Waals surface area contributed by atoms with Crippen molar-refractivity contribution in [2.45, 2.75) is 20.8 Å². The van der Waals surface area contributed by atoms with Gasteiger partial charge in [0.15, 0.2) is 0 Å². The van der Waals surface area contributed by atoms with Crippen LogP contribution < -0.4 is 20.1 Å². The molecule has 2 N–H and O–H groups in total. The van der Waals surface area contributed by atoms with Crippen molar-refractivity contribution in [3.05, 3.63) is 53.7 Å². The molecule has 0 spiro atoms. The molecular weight excluding hydrogens is 410 g/mol. The number of imide groups is 1. The van der Waals surface area contributed by atoms with E-state index in [9.17, 15) is 14.4 Å². The molecule has 2 aromatic carbocycles. The molecular formula is C24H27N3O5. The molecule has 0 bridgehead atoms. The molecule has 0 unspecified atom stereocenters. The zero-order chi connectivity index (χ0) is 23.4. The van der Waals surface area contributed by atoms with Crippen LogP contribution in [0.3, 0.4) is 0 Å². The van der Waals surface area contributed by atoms with Gasteiger partial charge in [-0.2, -0.15) is 0 Å². The standard InChI is InChI=1S/C24H27N3O5/c1-14(2)13-27-23(29)21(16-6-8-17(9-7-16)25-15(3)28)22(24(27)30)26-19-12-18(31-4)10-11-20(19)32-5/h6-12,14,26H,13H2,1-5H3,(H,25,28). The summed E-state index contributed by atoms with van der Waals surface area (Å²) in [6, 6.07) is 12.0. The van der Waals surface area contributed by atoms with E-state index in [1.54, 1.807) is 49.6 Å². The van der Waals surface area contributed by atoms with Gasteiger partial charge in [0.25, 0.3) is 11.8 Å². The Morgan fingerprint density at radius 1 is 1.00 bits per heavy atom. The van der Waals surface area contributed by atoms with Gasteiger partial charge in [-0.3, -0.25) is 19.3 Å². The van der Waals surface area contributed by atoms with Crippen molar-refractivity contribution in [2.75, 3.05) is 31.4 Å². The van der Waals surface area contributed by atoms with Crippen molar-refractivity contribution in [3.8, 4) is 11.5 Å². The Hall–Kier alpha value is -3.81. The Balaban J connectivity index is 2.08. The minimum atomic E-state index is -0.408. The lowest BCUT2D eigenvalue weighted by Crippen LogP contribution is -2.35. The Morgan fingerprint density at radius 3 is 2.25 bits per heavy atom. The topological polar surface area (TPSA) is 97.0 Å². The summed E-state index contributed by atoms with van der Waals surface area (Å²) in [5.74, 6) is 0.207. The fraction of sp³-hybridized carbons (Fsp3) is 0.292. The molecule has 1 heterocycles. The predicted molar refractivity (Wildman–Crippen MR) is 122 cm³/mol. The second-order valence-corrected chi connectivity index (χ2v) is 7.81. The monoisotopic (exact) mass is 437 g/mol. The van der Waals surface area contributed by atoms with Crippen LogP contribution >= 0.6 is 0 Å². The summed E-state index contributed by atoms with van der Waals surface area (Å²) in [5.41, 5.74) is 2.08. The number of hydrogen-bond acceptors (Lipinski definition) is 6. The van der Waals surface area contributed by atoms with E-state index in [2.05, 4.69) is 10.6 Å². The third-order valence-corrected chi connectivity index (χ3v) is 4.88. The maximum Gasteiger partial charge on any atom is 0.278 e. The molecule has 3 amide bonds. The second kappa shape index (κ2) is 9.55. The average molecular weight is 437 g/mol. The van der Waals surface area contributed by atoms with Gasteiger partial charge in [-0.05, 0) is 35.7 Å². The van der Waals surface area contributed by atoms with Crippen LogP contribution in [0.25, 0.3) is 5.57 Å². The summed E-state index contributed by atoms with van der Waals surface area (Å²) < 4.78 is 10.7. The third kappa shape index (κ3) is 4.74. The summed E-state index contributed by atoms with van der Waals surface area (Å²) in [6.07, 6.45) is 0. The molecule has 3 rings (SSSR count). The molecule has 0 fully saturated rings. The van der Waals surface area contributed by atoms with Gasteiger partial charge in [0.2, 0.25) is 5.91 Å². The number of nitrogens with zero attached hydrogens (tertiary/aromatic N) is 1. The van der Waals surface area contributed by atoms with Crippen molar-refractivity contribution in [1.82, 2.24) is 4.90 Å². The van der Waals surface area contributed by atoms with Crippen molar-refractivity contribution >= 4 is 34.7 Å². The van der Waals surface area contributed by atoms with Gasteiger partial charge in [0.05, 0.1) is 25.5 Å². The number of carbonyl (C=O) groups is 3. The van der Waals surface area contributed by atoms with E-state index in [1.807, 2.05) is 13.8 Å². The first-order valence-electron chi connectivity index (χ1n) is 10.2. The molecule has 0 saturated carbocycles. The number of amides is 3. The Labute approximate surface area is 187 Å². The minimum absolute atomic E-state index is 0.108. The summed E-state index contributed by atoms with van der Waals surface area (Å²) >= 11 is 0. The Morgan fingerprint density at radius 2 is 1.69 bits per heavy atom. The maximum atomic E-state index is 13.3. The largest absolute Gasteiger partial charge is 0.497 e. The van der Waals surface area contributed by atoms with Crippen molar-refractivity contribution < 1.29 is 23.9 Å². The first-order chi connectivity index (χ1) is 15.2. The highest BCUT2D eigenvalue weighted by Gasteiger charge is 2.39. The van der Waals surface area contributed by atoms with Crippen LogP contribution in [0.4, 0.5) is 11.4 Å². The van der Waals surface area contributed by atoms with Crippen LogP contribution in [-0.4, -0.2) is 43.4 Å². The van der Waals surface area contributed by atoms with Gasteiger partial charge < -0.3 is 20.1 Å². The molecule has 0 radical (unpaired) electrons. The molecule has 1 aliphatic rings. The summed E-state index contributed by atoms with van der Waals surface area (Å²) in [6.45, 7) is 5.60. The minimum Gasteiger partial charge on any atom is -0.497 e.